The lowest BCUT2D eigenvalue weighted by atomic mass is 9.80. The average molecular weight is 710 g/mol. The van der Waals surface area contributed by atoms with Gasteiger partial charge < -0.3 is 29.6 Å². The molecule has 6 rings (SSSR count). The van der Waals surface area contributed by atoms with Crippen LogP contribution in [-0.4, -0.2) is 91.2 Å². The van der Waals surface area contributed by atoms with Crippen molar-refractivity contribution in [1.82, 2.24) is 24.8 Å². The molecule has 0 spiro atoms. The maximum atomic E-state index is 13.4. The second kappa shape index (κ2) is 13.1. The highest BCUT2D eigenvalue weighted by molar-refractivity contribution is 9.10. The second-order valence-corrected chi connectivity index (χ2v) is 17.1. The number of aryl methyl sites for hydroxylation is 1. The zero-order chi connectivity index (χ0) is 32.6. The molecule has 0 saturated carbocycles. The summed E-state index contributed by atoms with van der Waals surface area (Å²) in [5.41, 5.74) is 5.36. The summed E-state index contributed by atoms with van der Waals surface area (Å²) in [6.45, 7) is 13.0. The number of piperidine rings is 1. The first kappa shape index (κ1) is 32.6. The molecular weight excluding hydrogens is 667 g/mol. The molecule has 244 valence electrons. The Morgan fingerprint density at radius 3 is 2.48 bits per heavy atom. The van der Waals surface area contributed by atoms with Gasteiger partial charge in [-0.3, -0.25) is 14.9 Å². The second-order valence-electron chi connectivity index (χ2n) is 13.1. The maximum Gasteiger partial charge on any atom is 0.229 e. The first-order valence-electron chi connectivity index (χ1n) is 15.5. The summed E-state index contributed by atoms with van der Waals surface area (Å²) in [5.74, 6) is 1.63. The van der Waals surface area contributed by atoms with E-state index in [-0.39, 0.29) is 5.41 Å². The topological polar surface area (TPSA) is 118 Å². The van der Waals surface area contributed by atoms with Gasteiger partial charge in [0.15, 0.2) is 0 Å². The molecule has 2 N–H and O–H groups in total. The van der Waals surface area contributed by atoms with E-state index in [2.05, 4.69) is 77.3 Å². The van der Waals surface area contributed by atoms with Crippen molar-refractivity contribution in [2.75, 3.05) is 75.9 Å². The van der Waals surface area contributed by atoms with Crippen LogP contribution in [0.3, 0.4) is 0 Å². The molecule has 2 aliphatic heterocycles. The largest absolute Gasteiger partial charge is 0.494 e. The number of hydrogen-bond donors (Lipinski definition) is 2. The van der Waals surface area contributed by atoms with Gasteiger partial charge in [-0.15, -0.1) is 0 Å². The van der Waals surface area contributed by atoms with Crippen LogP contribution in [0.15, 0.2) is 47.3 Å². The number of aromatic nitrogens is 4. The van der Waals surface area contributed by atoms with Gasteiger partial charge in [-0.2, -0.15) is 4.98 Å². The molecule has 2 fully saturated rings. The van der Waals surface area contributed by atoms with Gasteiger partial charge in [-0.1, -0.05) is 6.92 Å². The summed E-state index contributed by atoms with van der Waals surface area (Å²) in [7, 11) is 0.739. The van der Waals surface area contributed by atoms with Crippen LogP contribution in [0.25, 0.3) is 11.0 Å². The van der Waals surface area contributed by atoms with Crippen molar-refractivity contribution in [1.29, 1.82) is 0 Å². The minimum absolute atomic E-state index is 0.289. The predicted octanol–water partition coefficient (Wildman–Crippen LogP) is 6.17. The van der Waals surface area contributed by atoms with Crippen LogP contribution >= 0.6 is 23.1 Å². The Hall–Kier alpha value is -3.31. The number of halogens is 1. The van der Waals surface area contributed by atoms with E-state index in [4.69, 9.17) is 14.5 Å². The van der Waals surface area contributed by atoms with Gasteiger partial charge in [-0.05, 0) is 72.8 Å². The zero-order valence-electron chi connectivity index (χ0n) is 27.3. The number of nitrogens with zero attached hydrogens (tertiary/aromatic N) is 6. The molecular formula is C33H42BrN8O3P. The van der Waals surface area contributed by atoms with Crippen LogP contribution in [0.1, 0.15) is 25.3 Å². The number of rotatable bonds is 10. The van der Waals surface area contributed by atoms with Crippen molar-refractivity contribution in [2.45, 2.75) is 32.7 Å². The van der Waals surface area contributed by atoms with E-state index in [1.165, 1.54) is 5.69 Å². The first-order chi connectivity index (χ1) is 22.0. The van der Waals surface area contributed by atoms with Gasteiger partial charge in [0.2, 0.25) is 5.95 Å². The number of hydrogen-bond acceptors (Lipinski definition) is 11. The molecule has 0 amide bonds. The van der Waals surface area contributed by atoms with Gasteiger partial charge in [0.05, 0.1) is 40.4 Å². The number of ether oxygens (including phenoxy) is 2. The number of likely N-dealkylation sites (tertiary alicyclic amines) is 1. The lowest BCUT2D eigenvalue weighted by molar-refractivity contribution is -0.0672. The first-order valence-corrected chi connectivity index (χ1v) is 18.9. The van der Waals surface area contributed by atoms with Crippen LogP contribution in [0, 0.1) is 12.3 Å². The number of benzene rings is 2. The predicted molar refractivity (Wildman–Crippen MR) is 189 cm³/mol. The number of fused-ring (bicyclic) bond motifs is 1. The van der Waals surface area contributed by atoms with Gasteiger partial charge in [0.25, 0.3) is 0 Å². The Bertz CT molecular complexity index is 1790. The highest BCUT2D eigenvalue weighted by Gasteiger charge is 2.42. The van der Waals surface area contributed by atoms with E-state index in [9.17, 15) is 4.57 Å². The summed E-state index contributed by atoms with van der Waals surface area (Å²) in [4.78, 5) is 23.2. The summed E-state index contributed by atoms with van der Waals surface area (Å²) in [6, 6.07) is 8.55. The maximum absolute atomic E-state index is 13.4. The Labute approximate surface area is 279 Å². The van der Waals surface area contributed by atoms with E-state index >= 15 is 0 Å². The molecule has 2 saturated heterocycles. The molecule has 2 aromatic carbocycles. The molecule has 11 nitrogen and oxygen atoms in total. The Kier molecular flexibility index (Phi) is 9.26. The molecule has 4 aromatic rings. The molecule has 4 heterocycles. The fourth-order valence-corrected chi connectivity index (χ4v) is 8.50. The van der Waals surface area contributed by atoms with Crippen molar-refractivity contribution >= 4 is 68.2 Å². The van der Waals surface area contributed by atoms with E-state index in [1.54, 1.807) is 46.1 Å². The fraction of sp³-hybridized carbons (Fsp3) is 0.455. The molecule has 0 radical (unpaired) electrons. The van der Waals surface area contributed by atoms with Crippen molar-refractivity contribution in [3.63, 3.8) is 0 Å². The Morgan fingerprint density at radius 1 is 1.04 bits per heavy atom. The normalized spacial score (nSPS) is 17.2. The highest BCUT2D eigenvalue weighted by atomic mass is 79.9. The summed E-state index contributed by atoms with van der Waals surface area (Å²) in [5, 5.41) is 7.35. The lowest BCUT2D eigenvalue weighted by Crippen LogP contribution is -2.61. The van der Waals surface area contributed by atoms with Crippen molar-refractivity contribution in [2.24, 2.45) is 5.41 Å². The third-order valence-corrected chi connectivity index (χ3v) is 11.0. The van der Waals surface area contributed by atoms with Crippen LogP contribution in [-0.2, 0) is 9.30 Å². The molecule has 13 heteroatoms. The van der Waals surface area contributed by atoms with Crippen LogP contribution < -0.4 is 25.6 Å². The van der Waals surface area contributed by atoms with Crippen LogP contribution in [0.2, 0.25) is 0 Å². The quantitative estimate of drug-likeness (QED) is 0.184. The fourth-order valence-electron chi connectivity index (χ4n) is 6.82. The van der Waals surface area contributed by atoms with E-state index in [1.807, 2.05) is 12.1 Å². The van der Waals surface area contributed by atoms with Crippen LogP contribution in [0.5, 0.6) is 5.75 Å². The Morgan fingerprint density at radius 2 is 1.78 bits per heavy atom. The SMILES string of the molecule is COCC1(C)CN(C2CCN(c3cc(OC)c(Nc4ncc(Br)c(Nc5ccc6nccnc6c5P(C)(C)=O)n4)cc3C)CC2)C1. The summed E-state index contributed by atoms with van der Waals surface area (Å²) < 4.78 is 25.3. The number of nitrogens with one attached hydrogen (secondary N) is 2. The lowest BCUT2D eigenvalue weighted by Gasteiger charge is -2.53. The van der Waals surface area contributed by atoms with Gasteiger partial charge in [-0.25, -0.2) is 4.98 Å². The molecule has 0 atom stereocenters. The molecule has 0 unspecified atom stereocenters. The third-order valence-electron chi connectivity index (χ3n) is 8.90. The number of methoxy groups -OCH3 is 2. The standard InChI is InChI=1S/C33H42BrN8O3P/c1-21-15-26(28(45-4)16-27(21)41-13-9-22(10-14-41)42-18-33(2,19-42)20-44-3)39-32-37-17-23(34)31(40-32)38-25-8-7-24-29(36-12-11-35-24)30(25)46(5,6)43/h7-8,11-12,15-17,22H,9-10,13-14,18-20H2,1-6H3,(H2,37,38,39,40). The third kappa shape index (κ3) is 6.72. The average Bonchev–Trinajstić information content (AvgIpc) is 3.01. The zero-order valence-corrected chi connectivity index (χ0v) is 29.8. The Balaban J connectivity index is 1.19. The minimum atomic E-state index is -2.74. The van der Waals surface area contributed by atoms with E-state index in [0.717, 1.165) is 62.6 Å². The van der Waals surface area contributed by atoms with Crippen molar-refractivity contribution in [3.05, 3.63) is 52.9 Å². The van der Waals surface area contributed by atoms with Gasteiger partial charge in [0.1, 0.15) is 24.2 Å². The molecule has 2 aromatic heterocycles. The van der Waals surface area contributed by atoms with Gasteiger partial charge >= 0.3 is 0 Å². The van der Waals surface area contributed by atoms with Gasteiger partial charge in [0, 0.05) is 75.1 Å². The van der Waals surface area contributed by atoms with Crippen LogP contribution in [0.4, 0.5) is 28.8 Å². The number of anilines is 5. The molecule has 46 heavy (non-hydrogen) atoms. The summed E-state index contributed by atoms with van der Waals surface area (Å²) >= 11 is 3.57. The molecule has 2 aliphatic rings. The van der Waals surface area contributed by atoms with Crippen molar-refractivity contribution in [3.8, 4) is 5.75 Å². The summed E-state index contributed by atoms with van der Waals surface area (Å²) in [6.07, 6.45) is 7.22. The van der Waals surface area contributed by atoms with E-state index in [0.29, 0.717) is 44.3 Å². The monoisotopic (exact) mass is 708 g/mol. The molecule has 0 bridgehead atoms. The molecule has 0 aliphatic carbocycles. The van der Waals surface area contributed by atoms with E-state index < -0.39 is 7.14 Å². The minimum Gasteiger partial charge on any atom is -0.494 e. The highest BCUT2D eigenvalue weighted by Crippen LogP contribution is 2.42. The van der Waals surface area contributed by atoms with Crippen molar-refractivity contribution < 1.29 is 14.0 Å². The smallest absolute Gasteiger partial charge is 0.229 e.